The Bertz CT molecular complexity index is 678. The minimum Gasteiger partial charge on any atom is -0.398 e. The molecule has 0 unspecified atom stereocenters. The first-order valence-electron chi connectivity index (χ1n) is 5.73. The van der Waals surface area contributed by atoms with Crippen molar-refractivity contribution in [3.05, 3.63) is 44.6 Å². The van der Waals surface area contributed by atoms with Crippen LogP contribution >= 0.6 is 22.9 Å². The van der Waals surface area contributed by atoms with E-state index in [9.17, 15) is 18.0 Å². The smallest absolute Gasteiger partial charge is 0.398 e. The lowest BCUT2D eigenvalue weighted by Gasteiger charge is -2.14. The number of hydrogen-bond donors (Lipinski definition) is 2. The molecule has 0 saturated heterocycles. The highest BCUT2D eigenvalue weighted by molar-refractivity contribution is 7.14. The molecule has 112 valence electrons. The first kappa shape index (κ1) is 15.7. The van der Waals surface area contributed by atoms with Gasteiger partial charge in [-0.3, -0.25) is 4.79 Å². The third-order valence-electron chi connectivity index (χ3n) is 2.74. The van der Waals surface area contributed by atoms with Crippen molar-refractivity contribution in [2.45, 2.75) is 13.1 Å². The van der Waals surface area contributed by atoms with Crippen LogP contribution in [0.4, 0.5) is 24.5 Å². The first-order chi connectivity index (χ1) is 9.70. The molecule has 2 rings (SSSR count). The third kappa shape index (κ3) is 3.30. The summed E-state index contributed by atoms with van der Waals surface area (Å²) in [5.74, 6) is -0.682. The van der Waals surface area contributed by atoms with Crippen molar-refractivity contribution in [3.63, 3.8) is 0 Å². The zero-order chi connectivity index (χ0) is 15.8. The molecule has 0 aliphatic carbocycles. The van der Waals surface area contributed by atoms with E-state index in [0.717, 1.165) is 22.3 Å². The second-order valence-corrected chi connectivity index (χ2v) is 5.90. The van der Waals surface area contributed by atoms with Gasteiger partial charge in [0.1, 0.15) is 0 Å². The molecule has 0 fully saturated rings. The molecular formula is C13H10ClF3N2OS. The van der Waals surface area contributed by atoms with Crippen LogP contribution in [-0.2, 0) is 6.18 Å². The molecule has 1 amide bonds. The van der Waals surface area contributed by atoms with Crippen molar-refractivity contribution in [3.8, 4) is 0 Å². The molecule has 0 aliphatic rings. The number of nitrogen functional groups attached to an aromatic ring is 1. The number of halogens is 4. The highest BCUT2D eigenvalue weighted by Crippen LogP contribution is 2.39. The summed E-state index contributed by atoms with van der Waals surface area (Å²) in [5, 5.41) is 2.03. The van der Waals surface area contributed by atoms with Crippen molar-refractivity contribution >= 4 is 40.2 Å². The Morgan fingerprint density at radius 2 is 2.05 bits per heavy atom. The predicted molar refractivity (Wildman–Crippen MR) is 77.9 cm³/mol. The van der Waals surface area contributed by atoms with Crippen LogP contribution in [0.3, 0.4) is 0 Å². The minimum absolute atomic E-state index is 0.181. The van der Waals surface area contributed by atoms with E-state index in [0.29, 0.717) is 5.69 Å². The van der Waals surface area contributed by atoms with Crippen molar-refractivity contribution in [2.24, 2.45) is 0 Å². The van der Waals surface area contributed by atoms with Gasteiger partial charge in [0.25, 0.3) is 5.91 Å². The zero-order valence-corrected chi connectivity index (χ0v) is 12.3. The normalized spacial score (nSPS) is 11.5. The van der Waals surface area contributed by atoms with Crippen LogP contribution < -0.4 is 11.1 Å². The fourth-order valence-corrected chi connectivity index (χ4v) is 2.73. The molecular weight excluding hydrogens is 325 g/mol. The maximum absolute atomic E-state index is 12.9. The maximum atomic E-state index is 12.9. The largest absolute Gasteiger partial charge is 0.418 e. The van der Waals surface area contributed by atoms with E-state index in [4.69, 9.17) is 17.3 Å². The summed E-state index contributed by atoms with van der Waals surface area (Å²) in [4.78, 5) is 13.0. The highest BCUT2D eigenvalue weighted by atomic mass is 35.5. The standard InChI is InChI=1S/C13H10ClF3N2OS/c1-6-9(18)5-10(21-6)12(20)19-11-7(13(15,16)17)3-2-4-8(11)14/h2-5H,18H2,1H3,(H,19,20). The molecule has 8 heteroatoms. The van der Waals surface area contributed by atoms with E-state index >= 15 is 0 Å². The Balaban J connectivity index is 2.37. The summed E-state index contributed by atoms with van der Waals surface area (Å²) in [6.07, 6.45) is -4.61. The number of hydrogen-bond acceptors (Lipinski definition) is 3. The highest BCUT2D eigenvalue weighted by Gasteiger charge is 2.35. The van der Waals surface area contributed by atoms with Gasteiger partial charge >= 0.3 is 6.18 Å². The molecule has 21 heavy (non-hydrogen) atoms. The lowest BCUT2D eigenvalue weighted by Crippen LogP contribution is -2.16. The third-order valence-corrected chi connectivity index (χ3v) is 4.12. The number of para-hydroxylation sites is 1. The van der Waals surface area contributed by atoms with E-state index in [1.807, 2.05) is 0 Å². The van der Waals surface area contributed by atoms with Gasteiger partial charge in [-0.25, -0.2) is 0 Å². The van der Waals surface area contributed by atoms with Crippen LogP contribution in [0.25, 0.3) is 0 Å². The molecule has 0 spiro atoms. The number of alkyl halides is 3. The number of nitrogens with two attached hydrogens (primary N) is 1. The summed E-state index contributed by atoms with van der Waals surface area (Å²) in [6, 6.07) is 4.73. The van der Waals surface area contributed by atoms with Gasteiger partial charge in [0, 0.05) is 10.6 Å². The topological polar surface area (TPSA) is 55.1 Å². The molecule has 3 nitrogen and oxygen atoms in total. The SMILES string of the molecule is Cc1sc(C(=O)Nc2c(Cl)cccc2C(F)(F)F)cc1N. The van der Waals surface area contributed by atoms with Crippen molar-refractivity contribution < 1.29 is 18.0 Å². The van der Waals surface area contributed by atoms with E-state index in [1.165, 1.54) is 18.2 Å². The second-order valence-electron chi connectivity index (χ2n) is 4.24. The first-order valence-corrected chi connectivity index (χ1v) is 6.92. The van der Waals surface area contributed by atoms with Crippen LogP contribution in [0, 0.1) is 6.92 Å². The van der Waals surface area contributed by atoms with Gasteiger partial charge in [-0.05, 0) is 25.1 Å². The molecule has 1 heterocycles. The predicted octanol–water partition coefficient (Wildman–Crippen LogP) is 4.56. The number of anilines is 2. The average Bonchev–Trinajstić information content (AvgIpc) is 2.71. The van der Waals surface area contributed by atoms with Crippen molar-refractivity contribution in [1.29, 1.82) is 0 Å². The lowest BCUT2D eigenvalue weighted by molar-refractivity contribution is -0.136. The van der Waals surface area contributed by atoms with Crippen molar-refractivity contribution in [2.75, 3.05) is 11.1 Å². The summed E-state index contributed by atoms with van der Waals surface area (Å²) in [5.41, 5.74) is 4.59. The van der Waals surface area contributed by atoms with E-state index in [2.05, 4.69) is 5.32 Å². The molecule has 0 atom stereocenters. The summed E-state index contributed by atoms with van der Waals surface area (Å²) in [6.45, 7) is 1.72. The number of amides is 1. The fourth-order valence-electron chi connectivity index (χ4n) is 1.67. The second kappa shape index (κ2) is 5.57. The molecule has 0 saturated carbocycles. The van der Waals surface area contributed by atoms with Crippen LogP contribution in [0.1, 0.15) is 20.1 Å². The average molecular weight is 335 g/mol. The van der Waals surface area contributed by atoms with Crippen LogP contribution in [0.15, 0.2) is 24.3 Å². The molecule has 0 radical (unpaired) electrons. The van der Waals surface area contributed by atoms with Gasteiger partial charge in [0.2, 0.25) is 0 Å². The van der Waals surface area contributed by atoms with Crippen LogP contribution in [0.2, 0.25) is 5.02 Å². The number of carbonyl (C=O) groups excluding carboxylic acids is 1. The Kier molecular flexibility index (Phi) is 4.15. The Morgan fingerprint density at radius 3 is 2.57 bits per heavy atom. The molecule has 0 aliphatic heterocycles. The monoisotopic (exact) mass is 334 g/mol. The quantitative estimate of drug-likeness (QED) is 0.845. The molecule has 1 aromatic carbocycles. The number of benzene rings is 1. The summed E-state index contributed by atoms with van der Waals surface area (Å²) >= 11 is 6.87. The van der Waals surface area contributed by atoms with Crippen molar-refractivity contribution in [1.82, 2.24) is 0 Å². The molecule has 3 N–H and O–H groups in total. The Labute approximate surface area is 127 Å². The van der Waals surface area contributed by atoms with E-state index < -0.39 is 23.3 Å². The van der Waals surface area contributed by atoms with Gasteiger partial charge < -0.3 is 11.1 Å². The molecule has 0 bridgehead atoms. The number of thiophene rings is 1. The van der Waals surface area contributed by atoms with Crippen LogP contribution in [-0.4, -0.2) is 5.91 Å². The molecule has 1 aromatic heterocycles. The zero-order valence-electron chi connectivity index (χ0n) is 10.7. The molecule has 2 aromatic rings. The van der Waals surface area contributed by atoms with E-state index in [1.54, 1.807) is 6.92 Å². The van der Waals surface area contributed by atoms with Crippen LogP contribution in [0.5, 0.6) is 0 Å². The van der Waals surface area contributed by atoms with Gasteiger partial charge in [-0.15, -0.1) is 11.3 Å². The number of carbonyl (C=O) groups is 1. The number of nitrogens with one attached hydrogen (secondary N) is 1. The Morgan fingerprint density at radius 1 is 1.38 bits per heavy atom. The minimum atomic E-state index is -4.61. The van der Waals surface area contributed by atoms with Gasteiger partial charge in [0.05, 0.1) is 21.2 Å². The van der Waals surface area contributed by atoms with Gasteiger partial charge in [0.15, 0.2) is 0 Å². The summed E-state index contributed by atoms with van der Waals surface area (Å²) in [7, 11) is 0. The fraction of sp³-hybridized carbons (Fsp3) is 0.154. The maximum Gasteiger partial charge on any atom is 0.418 e. The van der Waals surface area contributed by atoms with E-state index in [-0.39, 0.29) is 9.90 Å². The number of rotatable bonds is 2. The Hall–Kier alpha value is -1.73. The van der Waals surface area contributed by atoms with Gasteiger partial charge in [-0.1, -0.05) is 17.7 Å². The van der Waals surface area contributed by atoms with Gasteiger partial charge in [-0.2, -0.15) is 13.2 Å². The summed E-state index contributed by atoms with van der Waals surface area (Å²) < 4.78 is 38.8. The number of aryl methyl sites for hydroxylation is 1. The lowest BCUT2D eigenvalue weighted by atomic mass is 10.1.